The highest BCUT2D eigenvalue weighted by molar-refractivity contribution is 5.75. The Hall–Kier alpha value is -1.76. The van der Waals surface area contributed by atoms with E-state index >= 15 is 0 Å². The molecule has 0 saturated carbocycles. The third kappa shape index (κ3) is 1.46. The van der Waals surface area contributed by atoms with Gasteiger partial charge in [0.25, 0.3) is 0 Å². The maximum absolute atomic E-state index is 3.52. The lowest BCUT2D eigenvalue weighted by molar-refractivity contribution is 0.637. The Morgan fingerprint density at radius 3 is 2.41 bits per heavy atom. The summed E-state index contributed by atoms with van der Waals surface area (Å²) < 4.78 is 0. The highest BCUT2D eigenvalue weighted by atomic mass is 14.9. The molecule has 1 heteroatoms. The van der Waals surface area contributed by atoms with Crippen molar-refractivity contribution in [2.24, 2.45) is 0 Å². The molecular formula is C16H17N. The number of anilines is 2. The summed E-state index contributed by atoms with van der Waals surface area (Å²) in [4.78, 5) is 0. The molecular weight excluding hydrogens is 206 g/mol. The van der Waals surface area contributed by atoms with Crippen LogP contribution in [-0.4, -0.2) is 0 Å². The normalized spacial score (nSPS) is 15.7. The highest BCUT2D eigenvalue weighted by Crippen LogP contribution is 2.45. The van der Waals surface area contributed by atoms with E-state index in [2.05, 4.69) is 68.6 Å². The van der Waals surface area contributed by atoms with Gasteiger partial charge in [-0.25, -0.2) is 0 Å². The van der Waals surface area contributed by atoms with E-state index in [1.807, 2.05) is 0 Å². The molecule has 1 heterocycles. The van der Waals surface area contributed by atoms with Gasteiger partial charge in [0.05, 0.1) is 0 Å². The van der Waals surface area contributed by atoms with E-state index in [4.69, 9.17) is 0 Å². The predicted octanol–water partition coefficient (Wildman–Crippen LogP) is 4.38. The second-order valence-electron chi connectivity index (χ2n) is 5.34. The van der Waals surface area contributed by atoms with Gasteiger partial charge < -0.3 is 5.32 Å². The topological polar surface area (TPSA) is 12.0 Å². The summed E-state index contributed by atoms with van der Waals surface area (Å²) >= 11 is 0. The van der Waals surface area contributed by atoms with Crippen molar-refractivity contribution in [2.45, 2.75) is 26.2 Å². The van der Waals surface area contributed by atoms with Crippen molar-refractivity contribution < 1.29 is 0 Å². The molecule has 1 N–H and O–H groups in total. The molecule has 86 valence electrons. The fourth-order valence-electron chi connectivity index (χ4n) is 2.71. The molecule has 0 atom stereocenters. The number of aryl methyl sites for hydroxylation is 1. The van der Waals surface area contributed by atoms with Crippen molar-refractivity contribution in [2.75, 3.05) is 5.32 Å². The minimum absolute atomic E-state index is 0.0726. The van der Waals surface area contributed by atoms with E-state index in [1.54, 1.807) is 0 Å². The minimum atomic E-state index is 0.0726. The van der Waals surface area contributed by atoms with Crippen molar-refractivity contribution in [3.63, 3.8) is 0 Å². The molecule has 0 aliphatic carbocycles. The van der Waals surface area contributed by atoms with Gasteiger partial charge in [-0.05, 0) is 30.2 Å². The Morgan fingerprint density at radius 2 is 1.59 bits per heavy atom. The number of para-hydroxylation sites is 1. The van der Waals surface area contributed by atoms with Crippen LogP contribution < -0.4 is 5.32 Å². The lowest BCUT2D eigenvalue weighted by Crippen LogP contribution is -2.25. The van der Waals surface area contributed by atoms with Crippen molar-refractivity contribution in [3.8, 4) is 0 Å². The van der Waals surface area contributed by atoms with Crippen LogP contribution in [0.3, 0.4) is 0 Å². The Bertz CT molecular complexity index is 582. The molecule has 0 fully saturated rings. The van der Waals surface area contributed by atoms with E-state index < -0.39 is 0 Å². The van der Waals surface area contributed by atoms with Crippen LogP contribution in [0, 0.1) is 6.92 Å². The zero-order valence-electron chi connectivity index (χ0n) is 10.5. The van der Waals surface area contributed by atoms with Gasteiger partial charge in [-0.2, -0.15) is 0 Å². The Kier molecular flexibility index (Phi) is 2.06. The average molecular weight is 223 g/mol. The first kappa shape index (κ1) is 10.4. The fraction of sp³-hybridized carbons (Fsp3) is 0.250. The number of benzene rings is 2. The van der Waals surface area contributed by atoms with Crippen LogP contribution in [0.1, 0.15) is 30.5 Å². The first-order valence-electron chi connectivity index (χ1n) is 6.07. The zero-order valence-corrected chi connectivity index (χ0v) is 10.5. The first-order chi connectivity index (χ1) is 8.09. The third-order valence-corrected chi connectivity index (χ3v) is 3.72. The fourth-order valence-corrected chi connectivity index (χ4v) is 2.71. The highest BCUT2D eigenvalue weighted by Gasteiger charge is 2.31. The largest absolute Gasteiger partial charge is 0.355 e. The third-order valence-electron chi connectivity index (χ3n) is 3.72. The molecule has 17 heavy (non-hydrogen) atoms. The van der Waals surface area contributed by atoms with Gasteiger partial charge in [0, 0.05) is 16.8 Å². The summed E-state index contributed by atoms with van der Waals surface area (Å²) in [6.07, 6.45) is 0. The molecule has 0 unspecified atom stereocenters. The van der Waals surface area contributed by atoms with Gasteiger partial charge in [-0.1, -0.05) is 49.7 Å². The number of hydrogen-bond donors (Lipinski definition) is 1. The second kappa shape index (κ2) is 3.36. The number of rotatable bonds is 0. The van der Waals surface area contributed by atoms with Crippen LogP contribution >= 0.6 is 0 Å². The minimum Gasteiger partial charge on any atom is -0.355 e. The lowest BCUT2D eigenvalue weighted by Gasteiger charge is -2.35. The Balaban J connectivity index is 2.27. The van der Waals surface area contributed by atoms with Crippen molar-refractivity contribution in [3.05, 3.63) is 59.2 Å². The molecule has 1 aliphatic heterocycles. The van der Waals surface area contributed by atoms with Crippen LogP contribution in [0.15, 0.2) is 42.5 Å². The quantitative estimate of drug-likeness (QED) is 0.699. The van der Waals surface area contributed by atoms with E-state index in [-0.39, 0.29) is 5.41 Å². The van der Waals surface area contributed by atoms with Gasteiger partial charge in [0.2, 0.25) is 0 Å². The van der Waals surface area contributed by atoms with Gasteiger partial charge in [-0.15, -0.1) is 0 Å². The van der Waals surface area contributed by atoms with E-state index in [0.29, 0.717) is 0 Å². The van der Waals surface area contributed by atoms with E-state index in [0.717, 1.165) is 0 Å². The van der Waals surface area contributed by atoms with Gasteiger partial charge >= 0.3 is 0 Å². The molecule has 2 aromatic rings. The van der Waals surface area contributed by atoms with Crippen molar-refractivity contribution in [1.82, 2.24) is 0 Å². The van der Waals surface area contributed by atoms with E-state index in [1.165, 1.54) is 28.1 Å². The monoisotopic (exact) mass is 223 g/mol. The summed E-state index contributed by atoms with van der Waals surface area (Å²) in [5, 5.41) is 3.52. The molecule has 1 aliphatic rings. The molecule has 0 bridgehead atoms. The summed E-state index contributed by atoms with van der Waals surface area (Å²) in [5.41, 5.74) is 6.61. The van der Waals surface area contributed by atoms with Gasteiger partial charge in [0.1, 0.15) is 0 Å². The van der Waals surface area contributed by atoms with E-state index in [9.17, 15) is 0 Å². The summed E-state index contributed by atoms with van der Waals surface area (Å²) in [5.74, 6) is 0. The van der Waals surface area contributed by atoms with Crippen LogP contribution in [0.4, 0.5) is 11.4 Å². The number of nitrogens with one attached hydrogen (secondary N) is 1. The van der Waals surface area contributed by atoms with Gasteiger partial charge in [0.15, 0.2) is 0 Å². The molecule has 3 rings (SSSR count). The van der Waals surface area contributed by atoms with Crippen molar-refractivity contribution >= 4 is 11.4 Å². The standard InChI is InChI=1S/C16H17N/c1-11-8-9-15-13(10-11)16(2,3)12-6-4-5-7-14(12)17-15/h4-10,17H,1-3H3. The molecule has 0 amide bonds. The number of hydrogen-bond acceptors (Lipinski definition) is 1. The summed E-state index contributed by atoms with van der Waals surface area (Å²) in [6.45, 7) is 6.74. The Labute approximate surface area is 102 Å². The van der Waals surface area contributed by atoms with Crippen molar-refractivity contribution in [1.29, 1.82) is 0 Å². The van der Waals surface area contributed by atoms with Gasteiger partial charge in [-0.3, -0.25) is 0 Å². The van der Waals surface area contributed by atoms with Crippen LogP contribution in [0.25, 0.3) is 0 Å². The first-order valence-corrected chi connectivity index (χ1v) is 6.07. The molecule has 1 nitrogen and oxygen atoms in total. The maximum Gasteiger partial charge on any atom is 0.0426 e. The Morgan fingerprint density at radius 1 is 0.882 bits per heavy atom. The smallest absolute Gasteiger partial charge is 0.0426 e. The van der Waals surface area contributed by atoms with Crippen LogP contribution in [-0.2, 0) is 5.41 Å². The second-order valence-corrected chi connectivity index (χ2v) is 5.34. The number of fused-ring (bicyclic) bond motifs is 2. The zero-order chi connectivity index (χ0) is 12.0. The predicted molar refractivity (Wildman–Crippen MR) is 73.0 cm³/mol. The molecule has 0 spiro atoms. The molecule has 2 aromatic carbocycles. The van der Waals surface area contributed by atoms with Crippen LogP contribution in [0.2, 0.25) is 0 Å². The summed E-state index contributed by atoms with van der Waals surface area (Å²) in [7, 11) is 0. The SMILES string of the molecule is Cc1ccc2c(c1)C(C)(C)c1ccccc1N2. The molecule has 0 saturated heterocycles. The average Bonchev–Trinajstić information content (AvgIpc) is 2.31. The molecule has 0 radical (unpaired) electrons. The lowest BCUT2D eigenvalue weighted by atomic mass is 9.74. The van der Waals surface area contributed by atoms with Crippen LogP contribution in [0.5, 0.6) is 0 Å². The molecule has 0 aromatic heterocycles. The summed E-state index contributed by atoms with van der Waals surface area (Å²) in [6, 6.07) is 15.2. The maximum atomic E-state index is 3.52.